The van der Waals surface area contributed by atoms with Crippen LogP contribution >= 0.6 is 0 Å². The van der Waals surface area contributed by atoms with Crippen LogP contribution < -0.4 is 10.6 Å². The maximum atomic E-state index is 11.6. The Morgan fingerprint density at radius 3 is 2.56 bits per heavy atom. The number of nitrogens with one attached hydrogen (secondary N) is 2. The molecule has 0 aromatic heterocycles. The molecule has 2 atom stereocenters. The molecule has 3 heteroatoms. The molecule has 0 bridgehead atoms. The molecule has 1 heterocycles. The molecule has 1 fully saturated rings. The van der Waals surface area contributed by atoms with Crippen molar-refractivity contribution in [3.05, 3.63) is 35.9 Å². The Morgan fingerprint density at radius 1 is 1.25 bits per heavy atom. The molecule has 0 spiro atoms. The molecule has 1 saturated heterocycles. The number of benzene rings is 1. The van der Waals surface area contributed by atoms with E-state index in [0.717, 1.165) is 0 Å². The van der Waals surface area contributed by atoms with Gasteiger partial charge in [-0.25, -0.2) is 0 Å². The molecule has 2 N–H and O–H groups in total. The number of amides is 1. The van der Waals surface area contributed by atoms with Crippen molar-refractivity contribution >= 4 is 5.91 Å². The van der Waals surface area contributed by atoms with Crippen molar-refractivity contribution in [1.29, 1.82) is 0 Å². The summed E-state index contributed by atoms with van der Waals surface area (Å²) in [6, 6.07) is 10.4. The highest BCUT2D eigenvalue weighted by atomic mass is 16.2. The van der Waals surface area contributed by atoms with Gasteiger partial charge < -0.3 is 5.32 Å². The molecule has 86 valence electrons. The highest BCUT2D eigenvalue weighted by Crippen LogP contribution is 2.17. The molecule has 0 saturated carbocycles. The number of carbonyl (C=O) groups excluding carboxylic acids is 1. The second-order valence-corrected chi connectivity index (χ2v) is 4.60. The number of piperazine rings is 1. The normalized spacial score (nSPS) is 25.6. The third-order valence-corrected chi connectivity index (χ3v) is 3.01. The fraction of sp³-hybridized carbons (Fsp3) is 0.462. The van der Waals surface area contributed by atoms with Crippen molar-refractivity contribution in [2.75, 3.05) is 6.54 Å². The summed E-state index contributed by atoms with van der Waals surface area (Å²) in [5, 5.41) is 6.37. The fourth-order valence-electron chi connectivity index (χ4n) is 2.06. The first-order chi connectivity index (χ1) is 7.68. The first-order valence-corrected chi connectivity index (χ1v) is 5.77. The van der Waals surface area contributed by atoms with E-state index in [-0.39, 0.29) is 18.0 Å². The zero-order valence-electron chi connectivity index (χ0n) is 9.73. The van der Waals surface area contributed by atoms with Crippen LogP contribution in [0.25, 0.3) is 0 Å². The van der Waals surface area contributed by atoms with Crippen LogP contribution in [0.5, 0.6) is 0 Å². The summed E-state index contributed by atoms with van der Waals surface area (Å²) in [5.74, 6) is 0.425. The summed E-state index contributed by atoms with van der Waals surface area (Å²) in [6.45, 7) is 4.79. The van der Waals surface area contributed by atoms with Crippen molar-refractivity contribution in [2.24, 2.45) is 5.92 Å². The summed E-state index contributed by atoms with van der Waals surface area (Å²) < 4.78 is 0. The lowest BCUT2D eigenvalue weighted by Gasteiger charge is -2.33. The fourth-order valence-corrected chi connectivity index (χ4v) is 2.06. The molecule has 0 aliphatic carbocycles. The third kappa shape index (κ3) is 2.25. The minimum Gasteiger partial charge on any atom is -0.353 e. The van der Waals surface area contributed by atoms with E-state index in [0.29, 0.717) is 12.5 Å². The van der Waals surface area contributed by atoms with E-state index in [9.17, 15) is 4.79 Å². The SMILES string of the molecule is CC(C)C1NC(c2ccccc2)CNC1=O. The number of carbonyl (C=O) groups is 1. The van der Waals surface area contributed by atoms with Gasteiger partial charge in [0.05, 0.1) is 12.1 Å². The van der Waals surface area contributed by atoms with Crippen molar-refractivity contribution in [1.82, 2.24) is 10.6 Å². The Morgan fingerprint density at radius 2 is 1.94 bits per heavy atom. The maximum absolute atomic E-state index is 11.6. The monoisotopic (exact) mass is 218 g/mol. The van der Waals surface area contributed by atoms with Crippen LogP contribution in [-0.4, -0.2) is 18.5 Å². The smallest absolute Gasteiger partial charge is 0.237 e. The molecule has 1 aliphatic rings. The molecule has 1 aromatic rings. The topological polar surface area (TPSA) is 41.1 Å². The van der Waals surface area contributed by atoms with Crippen molar-refractivity contribution in [3.63, 3.8) is 0 Å². The van der Waals surface area contributed by atoms with Gasteiger partial charge in [0, 0.05) is 6.54 Å². The highest BCUT2D eigenvalue weighted by molar-refractivity contribution is 5.83. The van der Waals surface area contributed by atoms with Gasteiger partial charge in [0.1, 0.15) is 0 Å². The van der Waals surface area contributed by atoms with Crippen LogP contribution in [0, 0.1) is 5.92 Å². The van der Waals surface area contributed by atoms with Crippen LogP contribution in [0.1, 0.15) is 25.5 Å². The minimum absolute atomic E-state index is 0.0843. The van der Waals surface area contributed by atoms with Gasteiger partial charge in [-0.1, -0.05) is 44.2 Å². The standard InChI is InChI=1S/C13H18N2O/c1-9(2)12-13(16)14-8-11(15-12)10-6-4-3-5-7-10/h3-7,9,11-12,15H,8H2,1-2H3,(H,14,16). The lowest BCUT2D eigenvalue weighted by atomic mass is 9.96. The molecule has 16 heavy (non-hydrogen) atoms. The Hall–Kier alpha value is -1.35. The Bertz CT molecular complexity index is 361. The quantitative estimate of drug-likeness (QED) is 0.789. The van der Waals surface area contributed by atoms with Crippen molar-refractivity contribution in [3.8, 4) is 0 Å². The van der Waals surface area contributed by atoms with Gasteiger partial charge in [-0.2, -0.15) is 0 Å². The first-order valence-electron chi connectivity index (χ1n) is 5.77. The van der Waals surface area contributed by atoms with Crippen LogP contribution in [0.3, 0.4) is 0 Å². The molecule has 0 radical (unpaired) electrons. The summed E-state index contributed by atoms with van der Waals surface area (Å²) in [6.07, 6.45) is 0. The second kappa shape index (κ2) is 4.66. The van der Waals surface area contributed by atoms with Gasteiger partial charge in [-0.3, -0.25) is 10.1 Å². The molecule has 1 amide bonds. The van der Waals surface area contributed by atoms with Crippen LogP contribution in [0.15, 0.2) is 30.3 Å². The second-order valence-electron chi connectivity index (χ2n) is 4.60. The minimum atomic E-state index is -0.0843. The van der Waals surface area contributed by atoms with Gasteiger partial charge in [0.2, 0.25) is 5.91 Å². The van der Waals surface area contributed by atoms with E-state index in [1.54, 1.807) is 0 Å². The van der Waals surface area contributed by atoms with Crippen molar-refractivity contribution < 1.29 is 4.79 Å². The number of hydrogen-bond donors (Lipinski definition) is 2. The first kappa shape index (κ1) is 11.1. The predicted octanol–water partition coefficient (Wildman–Crippen LogP) is 1.47. The largest absolute Gasteiger partial charge is 0.353 e. The molecular formula is C13H18N2O. The predicted molar refractivity (Wildman–Crippen MR) is 64.0 cm³/mol. The van der Waals surface area contributed by atoms with E-state index in [2.05, 4.69) is 36.6 Å². The number of hydrogen-bond acceptors (Lipinski definition) is 2. The van der Waals surface area contributed by atoms with Gasteiger partial charge >= 0.3 is 0 Å². The molecule has 2 rings (SSSR count). The van der Waals surface area contributed by atoms with E-state index in [4.69, 9.17) is 0 Å². The van der Waals surface area contributed by atoms with Crippen LogP contribution in [-0.2, 0) is 4.79 Å². The van der Waals surface area contributed by atoms with Crippen molar-refractivity contribution in [2.45, 2.75) is 25.9 Å². The van der Waals surface area contributed by atoms with E-state index in [1.165, 1.54) is 5.56 Å². The van der Waals surface area contributed by atoms with E-state index >= 15 is 0 Å². The zero-order valence-corrected chi connectivity index (χ0v) is 9.73. The van der Waals surface area contributed by atoms with Crippen LogP contribution in [0.4, 0.5) is 0 Å². The molecule has 2 unspecified atom stereocenters. The Labute approximate surface area is 96.2 Å². The molecule has 3 nitrogen and oxygen atoms in total. The number of rotatable bonds is 2. The van der Waals surface area contributed by atoms with Crippen LogP contribution in [0.2, 0.25) is 0 Å². The third-order valence-electron chi connectivity index (χ3n) is 3.01. The Kier molecular flexibility index (Phi) is 3.25. The molecule has 1 aromatic carbocycles. The van der Waals surface area contributed by atoms with Gasteiger partial charge in [-0.05, 0) is 11.5 Å². The summed E-state index contributed by atoms with van der Waals surface area (Å²) in [5.41, 5.74) is 1.23. The summed E-state index contributed by atoms with van der Waals surface area (Å²) in [7, 11) is 0. The highest BCUT2D eigenvalue weighted by Gasteiger charge is 2.30. The zero-order chi connectivity index (χ0) is 11.5. The molecular weight excluding hydrogens is 200 g/mol. The summed E-state index contributed by atoms with van der Waals surface area (Å²) >= 11 is 0. The maximum Gasteiger partial charge on any atom is 0.237 e. The average Bonchev–Trinajstić information content (AvgIpc) is 2.30. The van der Waals surface area contributed by atoms with Gasteiger partial charge in [0.15, 0.2) is 0 Å². The van der Waals surface area contributed by atoms with Gasteiger partial charge in [-0.15, -0.1) is 0 Å². The molecule has 1 aliphatic heterocycles. The summed E-state index contributed by atoms with van der Waals surface area (Å²) in [4.78, 5) is 11.6. The van der Waals surface area contributed by atoms with E-state index in [1.807, 2.05) is 18.2 Å². The van der Waals surface area contributed by atoms with E-state index < -0.39 is 0 Å². The lowest BCUT2D eigenvalue weighted by Crippen LogP contribution is -2.56. The Balaban J connectivity index is 2.12. The lowest BCUT2D eigenvalue weighted by molar-refractivity contribution is -0.126. The van der Waals surface area contributed by atoms with Gasteiger partial charge in [0.25, 0.3) is 0 Å². The average molecular weight is 218 g/mol.